The highest BCUT2D eigenvalue weighted by atomic mass is 19.1. The fourth-order valence-electron chi connectivity index (χ4n) is 3.93. The summed E-state index contributed by atoms with van der Waals surface area (Å²) in [6.07, 6.45) is 9.56. The molecule has 2 aromatic rings. The van der Waals surface area contributed by atoms with Crippen molar-refractivity contribution in [2.24, 2.45) is 0 Å². The van der Waals surface area contributed by atoms with E-state index in [-0.39, 0.29) is 17.8 Å². The van der Waals surface area contributed by atoms with Crippen LogP contribution in [0.4, 0.5) is 4.39 Å². The summed E-state index contributed by atoms with van der Waals surface area (Å²) in [6, 6.07) is 6.23. The standard InChI is InChI=1S/C20H23FN4O/c21-16-7-4-6-15(14-16)10-11-19(26)24-13-5-8-17(24)20-23-22-18-9-2-1-3-12-25(18)20/h4,6-7,10-11,14,17H,1-3,5,8-9,12-13H2/b11-10+. The number of aryl methyl sites for hydroxylation is 1. The molecule has 1 aromatic heterocycles. The average molecular weight is 354 g/mol. The van der Waals surface area contributed by atoms with E-state index < -0.39 is 0 Å². The van der Waals surface area contributed by atoms with Crippen LogP contribution in [-0.4, -0.2) is 32.1 Å². The molecule has 1 amide bonds. The molecular weight excluding hydrogens is 331 g/mol. The molecule has 0 spiro atoms. The molecule has 1 atom stereocenters. The summed E-state index contributed by atoms with van der Waals surface area (Å²) in [5, 5.41) is 8.80. The minimum absolute atomic E-state index is 0.0148. The van der Waals surface area contributed by atoms with E-state index in [4.69, 9.17) is 0 Å². The summed E-state index contributed by atoms with van der Waals surface area (Å²) in [7, 11) is 0. The third-order valence-electron chi connectivity index (χ3n) is 5.24. The molecule has 0 saturated carbocycles. The van der Waals surface area contributed by atoms with Crippen LogP contribution in [0.15, 0.2) is 30.3 Å². The number of halogens is 1. The number of aromatic nitrogens is 3. The van der Waals surface area contributed by atoms with Crippen LogP contribution in [0.2, 0.25) is 0 Å². The molecule has 26 heavy (non-hydrogen) atoms. The molecule has 3 heterocycles. The molecule has 1 unspecified atom stereocenters. The van der Waals surface area contributed by atoms with Crippen LogP contribution in [0, 0.1) is 5.82 Å². The Balaban J connectivity index is 1.53. The smallest absolute Gasteiger partial charge is 0.247 e. The number of benzene rings is 1. The van der Waals surface area contributed by atoms with E-state index >= 15 is 0 Å². The zero-order valence-electron chi connectivity index (χ0n) is 14.8. The summed E-state index contributed by atoms with van der Waals surface area (Å²) < 4.78 is 15.5. The summed E-state index contributed by atoms with van der Waals surface area (Å²) in [6.45, 7) is 1.66. The van der Waals surface area contributed by atoms with Gasteiger partial charge < -0.3 is 9.47 Å². The predicted molar refractivity (Wildman–Crippen MR) is 96.7 cm³/mol. The lowest BCUT2D eigenvalue weighted by molar-refractivity contribution is -0.127. The minimum atomic E-state index is -0.301. The molecule has 0 bridgehead atoms. The topological polar surface area (TPSA) is 51.0 Å². The first-order valence-electron chi connectivity index (χ1n) is 9.38. The monoisotopic (exact) mass is 354 g/mol. The van der Waals surface area contributed by atoms with Gasteiger partial charge in [-0.15, -0.1) is 10.2 Å². The lowest BCUT2D eigenvalue weighted by atomic mass is 10.2. The Bertz CT molecular complexity index is 829. The Hall–Kier alpha value is -2.50. The van der Waals surface area contributed by atoms with Gasteiger partial charge in [-0.2, -0.15) is 0 Å². The van der Waals surface area contributed by atoms with Crippen molar-refractivity contribution >= 4 is 12.0 Å². The molecule has 1 fully saturated rings. The van der Waals surface area contributed by atoms with Crippen molar-refractivity contribution in [2.45, 2.75) is 51.1 Å². The number of carbonyl (C=O) groups is 1. The lowest BCUT2D eigenvalue weighted by Crippen LogP contribution is -2.30. The summed E-state index contributed by atoms with van der Waals surface area (Å²) in [5.41, 5.74) is 0.686. The van der Waals surface area contributed by atoms with E-state index in [1.807, 2.05) is 4.90 Å². The first kappa shape index (κ1) is 16.9. The van der Waals surface area contributed by atoms with Crippen LogP contribution in [-0.2, 0) is 17.8 Å². The van der Waals surface area contributed by atoms with E-state index in [9.17, 15) is 9.18 Å². The second kappa shape index (κ2) is 7.40. The number of likely N-dealkylation sites (tertiary alicyclic amines) is 1. The number of amides is 1. The molecule has 5 nitrogen and oxygen atoms in total. The SMILES string of the molecule is O=C(/C=C/c1cccc(F)c1)N1CCCC1c1nnc2n1CCCCC2. The van der Waals surface area contributed by atoms with E-state index in [0.29, 0.717) is 5.56 Å². The van der Waals surface area contributed by atoms with Crippen molar-refractivity contribution in [3.05, 3.63) is 53.4 Å². The molecule has 4 rings (SSSR count). The minimum Gasteiger partial charge on any atom is -0.329 e. The Morgan fingerprint density at radius 2 is 2.08 bits per heavy atom. The first-order chi connectivity index (χ1) is 12.7. The van der Waals surface area contributed by atoms with E-state index in [1.54, 1.807) is 18.2 Å². The Morgan fingerprint density at radius 3 is 2.96 bits per heavy atom. The van der Waals surface area contributed by atoms with Crippen molar-refractivity contribution in [1.29, 1.82) is 0 Å². The predicted octanol–water partition coefficient (Wildman–Crippen LogP) is 3.52. The molecule has 1 saturated heterocycles. The van der Waals surface area contributed by atoms with Crippen LogP contribution in [0.3, 0.4) is 0 Å². The molecule has 1 aromatic carbocycles. The normalized spacial score (nSPS) is 20.3. The highest BCUT2D eigenvalue weighted by Gasteiger charge is 2.33. The first-order valence-corrected chi connectivity index (χ1v) is 9.38. The number of carbonyl (C=O) groups excluding carboxylic acids is 1. The Morgan fingerprint density at radius 1 is 1.15 bits per heavy atom. The van der Waals surface area contributed by atoms with Crippen LogP contribution in [0.1, 0.15) is 55.4 Å². The van der Waals surface area contributed by atoms with Gasteiger partial charge >= 0.3 is 0 Å². The number of hydrogen-bond acceptors (Lipinski definition) is 3. The number of fused-ring (bicyclic) bond motifs is 1. The Labute approximate surface area is 152 Å². The van der Waals surface area contributed by atoms with E-state index in [0.717, 1.165) is 56.8 Å². The highest BCUT2D eigenvalue weighted by molar-refractivity contribution is 5.92. The average Bonchev–Trinajstić information content (AvgIpc) is 3.21. The molecule has 0 N–H and O–H groups in total. The van der Waals surface area contributed by atoms with Gasteiger partial charge in [0.2, 0.25) is 5.91 Å². The molecule has 0 radical (unpaired) electrons. The Kier molecular flexibility index (Phi) is 4.82. The van der Waals surface area contributed by atoms with Gasteiger partial charge in [0.05, 0.1) is 6.04 Å². The summed E-state index contributed by atoms with van der Waals surface area (Å²) >= 11 is 0. The highest BCUT2D eigenvalue weighted by Crippen LogP contribution is 2.32. The number of nitrogens with zero attached hydrogens (tertiary/aromatic N) is 4. The quantitative estimate of drug-likeness (QED) is 0.793. The van der Waals surface area contributed by atoms with Gasteiger partial charge in [0.25, 0.3) is 0 Å². The summed E-state index contributed by atoms with van der Waals surface area (Å²) in [4.78, 5) is 14.6. The van der Waals surface area contributed by atoms with Crippen LogP contribution in [0.5, 0.6) is 0 Å². The molecule has 2 aliphatic heterocycles. The zero-order chi connectivity index (χ0) is 17.9. The lowest BCUT2D eigenvalue weighted by Gasteiger charge is -2.23. The third kappa shape index (κ3) is 3.41. The largest absolute Gasteiger partial charge is 0.329 e. The molecule has 0 aliphatic carbocycles. The van der Waals surface area contributed by atoms with Gasteiger partial charge in [-0.05, 0) is 49.5 Å². The summed E-state index contributed by atoms with van der Waals surface area (Å²) in [5.74, 6) is 1.62. The van der Waals surface area contributed by atoms with Gasteiger partial charge in [0, 0.05) is 25.6 Å². The van der Waals surface area contributed by atoms with Crippen molar-refractivity contribution in [2.75, 3.05) is 6.54 Å². The molecule has 6 heteroatoms. The van der Waals surface area contributed by atoms with Gasteiger partial charge in [0.1, 0.15) is 11.6 Å². The fraction of sp³-hybridized carbons (Fsp3) is 0.450. The maximum atomic E-state index is 13.3. The van der Waals surface area contributed by atoms with Gasteiger partial charge in [-0.3, -0.25) is 4.79 Å². The maximum Gasteiger partial charge on any atom is 0.247 e. The second-order valence-electron chi connectivity index (χ2n) is 7.01. The fourth-order valence-corrected chi connectivity index (χ4v) is 3.93. The van der Waals surface area contributed by atoms with Crippen molar-refractivity contribution in [3.63, 3.8) is 0 Å². The molecular formula is C20H23FN4O. The zero-order valence-corrected chi connectivity index (χ0v) is 14.8. The van der Waals surface area contributed by atoms with Crippen molar-refractivity contribution in [3.8, 4) is 0 Å². The molecule has 136 valence electrons. The van der Waals surface area contributed by atoms with Crippen molar-refractivity contribution < 1.29 is 9.18 Å². The van der Waals surface area contributed by atoms with Gasteiger partial charge in [0.15, 0.2) is 5.82 Å². The van der Waals surface area contributed by atoms with E-state index in [2.05, 4.69) is 14.8 Å². The molecule has 2 aliphatic rings. The number of rotatable bonds is 3. The number of hydrogen-bond donors (Lipinski definition) is 0. The van der Waals surface area contributed by atoms with Gasteiger partial charge in [-0.1, -0.05) is 18.6 Å². The van der Waals surface area contributed by atoms with Crippen molar-refractivity contribution in [1.82, 2.24) is 19.7 Å². The van der Waals surface area contributed by atoms with Crippen LogP contribution in [0.25, 0.3) is 6.08 Å². The van der Waals surface area contributed by atoms with E-state index in [1.165, 1.54) is 24.6 Å². The second-order valence-corrected chi connectivity index (χ2v) is 7.01. The van der Waals surface area contributed by atoms with Crippen LogP contribution >= 0.6 is 0 Å². The third-order valence-corrected chi connectivity index (χ3v) is 5.24. The van der Waals surface area contributed by atoms with Gasteiger partial charge in [-0.25, -0.2) is 4.39 Å². The van der Waals surface area contributed by atoms with Crippen LogP contribution < -0.4 is 0 Å². The maximum absolute atomic E-state index is 13.3.